The first-order chi connectivity index (χ1) is 19.1. The molecule has 0 aliphatic carbocycles. The van der Waals surface area contributed by atoms with Crippen LogP contribution in [0.4, 0.5) is 5.69 Å². The lowest BCUT2D eigenvalue weighted by molar-refractivity contribution is -0.616. The number of carbonyl (C=O) groups is 1. The molecule has 2 saturated heterocycles. The van der Waals surface area contributed by atoms with E-state index in [1.165, 1.54) is 18.2 Å². The Morgan fingerprint density at radius 3 is 2.38 bits per heavy atom. The summed E-state index contributed by atoms with van der Waals surface area (Å²) >= 11 is 5.96. The Kier molecular flexibility index (Phi) is 8.35. The molecule has 5 rings (SSSR count). The van der Waals surface area contributed by atoms with Crippen molar-refractivity contribution in [2.75, 3.05) is 31.9 Å². The standard InChI is InChI=1S/C30H35ClN4O4S/c1-21-4-2-7-28(29(21)32)30(36)34-16-12-24(13-17-34)33-14-10-22(11-15-33)18-25-8-9-27(20-35(25)37)40(38,39)26-6-3-5-23(31)19-26/h2-9,19-20,22,24H,10-18,32H2,1H3. The van der Waals surface area contributed by atoms with E-state index >= 15 is 0 Å². The lowest BCUT2D eigenvalue weighted by Crippen LogP contribution is -2.49. The Balaban J connectivity index is 1.13. The van der Waals surface area contributed by atoms with E-state index in [9.17, 15) is 18.4 Å². The van der Waals surface area contributed by atoms with Gasteiger partial charge in [0, 0.05) is 42.3 Å². The van der Waals surface area contributed by atoms with Crippen molar-refractivity contribution in [3.63, 3.8) is 0 Å². The maximum atomic E-state index is 13.0. The number of pyridine rings is 1. The molecular weight excluding hydrogens is 548 g/mol. The van der Waals surface area contributed by atoms with E-state index in [0.717, 1.165) is 63.6 Å². The number of benzene rings is 2. The molecule has 40 heavy (non-hydrogen) atoms. The fourth-order valence-corrected chi connectivity index (χ4v) is 7.42. The number of para-hydroxylation sites is 1. The fourth-order valence-electron chi connectivity index (χ4n) is 5.87. The average molecular weight is 583 g/mol. The second kappa shape index (κ2) is 11.8. The average Bonchev–Trinajstić information content (AvgIpc) is 2.96. The number of likely N-dealkylation sites (tertiary alicyclic amines) is 2. The molecule has 212 valence electrons. The number of nitrogens with zero attached hydrogens (tertiary/aromatic N) is 3. The summed E-state index contributed by atoms with van der Waals surface area (Å²) in [6, 6.07) is 15.2. The van der Waals surface area contributed by atoms with Gasteiger partial charge in [-0.2, -0.15) is 4.73 Å². The normalized spacial score (nSPS) is 17.7. The maximum absolute atomic E-state index is 13.0. The van der Waals surface area contributed by atoms with Crippen molar-refractivity contribution in [3.05, 3.63) is 87.8 Å². The van der Waals surface area contributed by atoms with E-state index in [1.807, 2.05) is 24.0 Å². The molecule has 0 radical (unpaired) electrons. The molecule has 0 saturated carbocycles. The molecule has 2 fully saturated rings. The van der Waals surface area contributed by atoms with Crippen LogP contribution in [0.25, 0.3) is 0 Å². The number of hydrogen-bond acceptors (Lipinski definition) is 6. The molecule has 2 aliphatic rings. The Bertz CT molecular complexity index is 1500. The molecule has 2 aliphatic heterocycles. The van der Waals surface area contributed by atoms with Crippen LogP contribution in [0.2, 0.25) is 5.02 Å². The van der Waals surface area contributed by atoms with E-state index in [4.69, 9.17) is 17.3 Å². The van der Waals surface area contributed by atoms with Gasteiger partial charge in [0.05, 0.1) is 10.5 Å². The van der Waals surface area contributed by atoms with Gasteiger partial charge >= 0.3 is 0 Å². The van der Waals surface area contributed by atoms with E-state index in [0.29, 0.717) is 45.1 Å². The minimum atomic E-state index is -3.83. The molecule has 10 heteroatoms. The van der Waals surface area contributed by atoms with Crippen LogP contribution >= 0.6 is 11.6 Å². The molecule has 3 aromatic rings. The van der Waals surface area contributed by atoms with Crippen LogP contribution in [0, 0.1) is 18.0 Å². The third-order valence-electron chi connectivity index (χ3n) is 8.35. The number of anilines is 1. The number of sulfone groups is 1. The highest BCUT2D eigenvalue weighted by Gasteiger charge is 2.31. The Morgan fingerprint density at radius 1 is 1.00 bits per heavy atom. The maximum Gasteiger partial charge on any atom is 0.255 e. The van der Waals surface area contributed by atoms with Gasteiger partial charge in [0.15, 0.2) is 11.9 Å². The summed E-state index contributed by atoms with van der Waals surface area (Å²) in [5.41, 5.74) is 8.81. The first kappa shape index (κ1) is 28.4. The van der Waals surface area contributed by atoms with Gasteiger partial charge < -0.3 is 20.7 Å². The highest BCUT2D eigenvalue weighted by molar-refractivity contribution is 7.91. The molecule has 1 aromatic heterocycles. The van der Waals surface area contributed by atoms with Crippen LogP contribution in [-0.2, 0) is 16.3 Å². The third-order valence-corrected chi connectivity index (χ3v) is 10.3. The van der Waals surface area contributed by atoms with Gasteiger partial charge in [0.2, 0.25) is 9.84 Å². The second-order valence-electron chi connectivity index (χ2n) is 10.9. The first-order valence-corrected chi connectivity index (χ1v) is 15.6. The third kappa shape index (κ3) is 5.96. The van der Waals surface area contributed by atoms with E-state index in [1.54, 1.807) is 24.3 Å². The van der Waals surface area contributed by atoms with Gasteiger partial charge in [-0.25, -0.2) is 8.42 Å². The van der Waals surface area contributed by atoms with Crippen LogP contribution in [0.15, 0.2) is 70.6 Å². The number of amides is 1. The number of halogens is 1. The number of nitrogens with two attached hydrogens (primary N) is 1. The monoisotopic (exact) mass is 582 g/mol. The van der Waals surface area contributed by atoms with Crippen molar-refractivity contribution in [2.24, 2.45) is 5.92 Å². The Morgan fingerprint density at radius 2 is 1.70 bits per heavy atom. The van der Waals surface area contributed by atoms with Gasteiger partial charge in [-0.15, -0.1) is 0 Å². The minimum absolute atomic E-state index is 0.00987. The highest BCUT2D eigenvalue weighted by Crippen LogP contribution is 2.28. The number of nitrogen functional groups attached to an aromatic ring is 1. The SMILES string of the molecule is Cc1cccc(C(=O)N2CCC(N3CCC(Cc4ccc(S(=O)(=O)c5cccc(Cl)c5)c[n+]4[O-])CC3)CC2)c1N. The second-order valence-corrected chi connectivity index (χ2v) is 13.3. The van der Waals surface area contributed by atoms with Gasteiger partial charge in [0.1, 0.15) is 4.90 Å². The van der Waals surface area contributed by atoms with Crippen molar-refractivity contribution >= 4 is 33.0 Å². The number of hydrogen-bond donors (Lipinski definition) is 1. The van der Waals surface area contributed by atoms with Crippen LogP contribution in [0.3, 0.4) is 0 Å². The number of rotatable bonds is 6. The number of carbonyl (C=O) groups excluding carboxylic acids is 1. The van der Waals surface area contributed by atoms with Gasteiger partial charge in [-0.1, -0.05) is 29.8 Å². The largest absolute Gasteiger partial charge is 0.618 e. The van der Waals surface area contributed by atoms with Crippen LogP contribution in [0.5, 0.6) is 0 Å². The van der Waals surface area contributed by atoms with Crippen LogP contribution in [0.1, 0.15) is 47.3 Å². The molecule has 0 bridgehead atoms. The quantitative estimate of drug-likeness (QED) is 0.264. The Labute approximate surface area is 240 Å². The predicted octanol–water partition coefficient (Wildman–Crippen LogP) is 4.26. The zero-order valence-electron chi connectivity index (χ0n) is 22.6. The molecule has 2 aromatic carbocycles. The van der Waals surface area contributed by atoms with Crippen LogP contribution in [-0.4, -0.2) is 56.3 Å². The smallest absolute Gasteiger partial charge is 0.255 e. The summed E-state index contributed by atoms with van der Waals surface area (Å²) in [4.78, 5) is 17.5. The number of piperidine rings is 2. The summed E-state index contributed by atoms with van der Waals surface area (Å²) < 4.78 is 26.6. The molecule has 0 unspecified atom stereocenters. The predicted molar refractivity (Wildman–Crippen MR) is 155 cm³/mol. The van der Waals surface area contributed by atoms with Crippen molar-refractivity contribution < 1.29 is 17.9 Å². The van der Waals surface area contributed by atoms with Crippen molar-refractivity contribution in [3.8, 4) is 0 Å². The summed E-state index contributed by atoms with van der Waals surface area (Å²) in [6.07, 6.45) is 5.58. The molecule has 3 heterocycles. The summed E-state index contributed by atoms with van der Waals surface area (Å²) in [6.45, 7) is 5.26. The Hall–Kier alpha value is -3.14. The minimum Gasteiger partial charge on any atom is -0.618 e. The number of aromatic nitrogens is 1. The fraction of sp³-hybridized carbons (Fsp3) is 0.400. The molecule has 2 N–H and O–H groups in total. The topological polar surface area (TPSA) is 111 Å². The number of aryl methyl sites for hydroxylation is 1. The van der Waals surface area contributed by atoms with E-state index in [-0.39, 0.29) is 15.7 Å². The molecule has 0 atom stereocenters. The zero-order chi connectivity index (χ0) is 28.4. The lowest BCUT2D eigenvalue weighted by Gasteiger charge is -2.41. The van der Waals surface area contributed by atoms with Crippen molar-refractivity contribution in [1.29, 1.82) is 0 Å². The van der Waals surface area contributed by atoms with E-state index < -0.39 is 9.84 Å². The van der Waals surface area contributed by atoms with Gasteiger partial charge in [0.25, 0.3) is 5.91 Å². The molecule has 1 amide bonds. The van der Waals surface area contributed by atoms with Crippen molar-refractivity contribution in [1.82, 2.24) is 9.80 Å². The molecule has 8 nitrogen and oxygen atoms in total. The molecular formula is C30H35ClN4O4S. The van der Waals surface area contributed by atoms with Gasteiger partial charge in [-0.3, -0.25) is 4.79 Å². The highest BCUT2D eigenvalue weighted by atomic mass is 35.5. The summed E-state index contributed by atoms with van der Waals surface area (Å²) in [5.74, 6) is 0.369. The molecule has 0 spiro atoms. The summed E-state index contributed by atoms with van der Waals surface area (Å²) in [7, 11) is -3.83. The van der Waals surface area contributed by atoms with Crippen molar-refractivity contribution in [2.45, 2.75) is 54.9 Å². The lowest BCUT2D eigenvalue weighted by atomic mass is 9.90. The zero-order valence-corrected chi connectivity index (χ0v) is 24.2. The van der Waals surface area contributed by atoms with Gasteiger partial charge in [-0.05, 0) is 87.5 Å². The van der Waals surface area contributed by atoms with Crippen LogP contribution < -0.4 is 10.5 Å². The summed E-state index contributed by atoms with van der Waals surface area (Å²) in [5, 5.41) is 13.1. The first-order valence-electron chi connectivity index (χ1n) is 13.7. The van der Waals surface area contributed by atoms with E-state index in [2.05, 4.69) is 4.90 Å².